The van der Waals surface area contributed by atoms with Crippen LogP contribution in [0.15, 0.2) is 65.3 Å². The average molecular weight is 505 g/mol. The summed E-state index contributed by atoms with van der Waals surface area (Å²) < 4.78 is 11.8. The van der Waals surface area contributed by atoms with Gasteiger partial charge in [-0.05, 0) is 73.3 Å². The molecule has 6 heteroatoms. The van der Waals surface area contributed by atoms with Crippen molar-refractivity contribution in [2.75, 3.05) is 6.61 Å². The summed E-state index contributed by atoms with van der Waals surface area (Å²) in [6, 6.07) is 9.73. The molecule has 5 rings (SSSR count). The molecule has 4 aliphatic rings. The van der Waals surface area contributed by atoms with Crippen LogP contribution in [-0.4, -0.2) is 41.0 Å². The summed E-state index contributed by atoms with van der Waals surface area (Å²) in [6.07, 6.45) is 6.84. The maximum Gasteiger partial charge on any atom is 0.303 e. The molecule has 6 atom stereocenters. The van der Waals surface area contributed by atoms with Crippen molar-refractivity contribution < 1.29 is 29.0 Å². The van der Waals surface area contributed by atoms with E-state index in [4.69, 9.17) is 9.47 Å². The maximum atomic E-state index is 13.9. The zero-order valence-corrected chi connectivity index (χ0v) is 22.1. The zero-order chi connectivity index (χ0) is 26.6. The van der Waals surface area contributed by atoms with Crippen molar-refractivity contribution in [1.29, 1.82) is 0 Å². The normalized spacial score (nSPS) is 36.4. The van der Waals surface area contributed by atoms with Gasteiger partial charge in [-0.25, -0.2) is 0 Å². The van der Waals surface area contributed by atoms with E-state index in [9.17, 15) is 19.5 Å². The molecule has 6 nitrogen and oxygen atoms in total. The van der Waals surface area contributed by atoms with Gasteiger partial charge in [0.25, 0.3) is 0 Å². The second kappa shape index (κ2) is 9.17. The lowest BCUT2D eigenvalue weighted by molar-refractivity contribution is -0.178. The summed E-state index contributed by atoms with van der Waals surface area (Å²) in [5.41, 5.74) is 1.80. The van der Waals surface area contributed by atoms with Crippen LogP contribution in [0.4, 0.5) is 0 Å². The van der Waals surface area contributed by atoms with Gasteiger partial charge in [0.2, 0.25) is 5.78 Å². The van der Waals surface area contributed by atoms with Gasteiger partial charge in [0.1, 0.15) is 5.60 Å². The molecule has 1 aromatic rings. The Hall–Kier alpha value is -2.83. The minimum atomic E-state index is -1.19. The number of fused-ring (bicyclic) bond motifs is 4. The molecule has 0 unspecified atom stereocenters. The number of aliphatic hydroxyl groups is 1. The molecule has 1 saturated carbocycles. The number of esters is 1. The van der Waals surface area contributed by atoms with E-state index in [0.717, 1.165) is 29.6 Å². The quantitative estimate of drug-likeness (QED) is 0.448. The number of carbonyl (C=O) groups excluding carboxylic acids is 3. The third kappa shape index (κ3) is 3.96. The van der Waals surface area contributed by atoms with Gasteiger partial charge in [0.05, 0.1) is 12.7 Å². The van der Waals surface area contributed by atoms with Gasteiger partial charge in [0, 0.05) is 17.8 Å². The van der Waals surface area contributed by atoms with Gasteiger partial charge in [0.15, 0.2) is 12.4 Å². The Balaban J connectivity index is 1.57. The maximum absolute atomic E-state index is 13.9. The van der Waals surface area contributed by atoms with Gasteiger partial charge >= 0.3 is 5.97 Å². The van der Waals surface area contributed by atoms with Crippen molar-refractivity contribution in [3.8, 4) is 0 Å². The first-order chi connectivity index (χ1) is 17.5. The topological polar surface area (TPSA) is 89.9 Å². The van der Waals surface area contributed by atoms with E-state index in [-0.39, 0.29) is 36.6 Å². The van der Waals surface area contributed by atoms with Gasteiger partial charge in [-0.2, -0.15) is 0 Å². The predicted octanol–water partition coefficient (Wildman–Crippen LogP) is 4.66. The van der Waals surface area contributed by atoms with Crippen LogP contribution in [0, 0.1) is 22.7 Å². The largest absolute Gasteiger partial charge is 0.458 e. The average Bonchev–Trinajstić information content (AvgIpc) is 3.15. The Labute approximate surface area is 218 Å². The highest BCUT2D eigenvalue weighted by Crippen LogP contribution is 2.66. The smallest absolute Gasteiger partial charge is 0.303 e. The lowest BCUT2D eigenvalue weighted by Gasteiger charge is -2.55. The number of allylic oxidation sites excluding steroid dienone is 5. The highest BCUT2D eigenvalue weighted by atomic mass is 16.5. The first-order valence-corrected chi connectivity index (χ1v) is 13.2. The molecule has 0 aliphatic heterocycles. The van der Waals surface area contributed by atoms with Crippen LogP contribution in [0.2, 0.25) is 0 Å². The fourth-order valence-corrected chi connectivity index (χ4v) is 7.81. The Morgan fingerprint density at radius 2 is 1.89 bits per heavy atom. The third-order valence-corrected chi connectivity index (χ3v) is 9.47. The van der Waals surface area contributed by atoms with Crippen LogP contribution in [0.3, 0.4) is 0 Å². The summed E-state index contributed by atoms with van der Waals surface area (Å²) in [5, 5.41) is 11.7. The SMILES string of the molecule is CC(=O)OCC(=O)[C@@]1(OCc2ccccc2)CC[C@H]2C3=C([C@@H](O)C[C@@]21C)[C@@]1(C)C=CC(=O)C=C1[C@@H](C)C3. The van der Waals surface area contributed by atoms with E-state index in [1.54, 1.807) is 12.2 Å². The molecule has 0 spiro atoms. The first-order valence-electron chi connectivity index (χ1n) is 13.2. The Morgan fingerprint density at radius 1 is 1.16 bits per heavy atom. The van der Waals surface area contributed by atoms with E-state index in [1.165, 1.54) is 12.5 Å². The van der Waals surface area contributed by atoms with Gasteiger partial charge in [-0.1, -0.05) is 55.8 Å². The van der Waals surface area contributed by atoms with E-state index in [2.05, 4.69) is 20.8 Å². The molecule has 0 radical (unpaired) electrons. The van der Waals surface area contributed by atoms with Crippen molar-refractivity contribution in [3.05, 3.63) is 70.8 Å². The van der Waals surface area contributed by atoms with Crippen LogP contribution in [0.25, 0.3) is 0 Å². The van der Waals surface area contributed by atoms with Crippen LogP contribution < -0.4 is 0 Å². The summed E-state index contributed by atoms with van der Waals surface area (Å²) in [6.45, 7) is 7.50. The third-order valence-electron chi connectivity index (χ3n) is 9.47. The molecule has 1 fully saturated rings. The Kier molecular flexibility index (Phi) is 6.40. The minimum absolute atomic E-state index is 0.0104. The van der Waals surface area contributed by atoms with Crippen molar-refractivity contribution in [3.63, 3.8) is 0 Å². The zero-order valence-electron chi connectivity index (χ0n) is 22.1. The van der Waals surface area contributed by atoms with Gasteiger partial charge < -0.3 is 14.6 Å². The predicted molar refractivity (Wildman–Crippen MR) is 138 cm³/mol. The molecule has 1 N–H and O–H groups in total. The van der Waals surface area contributed by atoms with Crippen LogP contribution in [0.5, 0.6) is 0 Å². The number of hydrogen-bond donors (Lipinski definition) is 1. The van der Waals surface area contributed by atoms with Crippen LogP contribution in [0.1, 0.15) is 58.9 Å². The van der Waals surface area contributed by atoms with Crippen molar-refractivity contribution in [2.45, 2.75) is 71.7 Å². The molecule has 0 bridgehead atoms. The van der Waals surface area contributed by atoms with E-state index in [1.807, 2.05) is 36.4 Å². The highest BCUT2D eigenvalue weighted by Gasteiger charge is 2.66. The summed E-state index contributed by atoms with van der Waals surface area (Å²) >= 11 is 0. The molecule has 4 aliphatic carbocycles. The molecule has 0 aromatic heterocycles. The molecular weight excluding hydrogens is 468 g/mol. The number of hydrogen-bond acceptors (Lipinski definition) is 6. The molecule has 1 aromatic carbocycles. The Morgan fingerprint density at radius 3 is 2.59 bits per heavy atom. The lowest BCUT2D eigenvalue weighted by atomic mass is 9.51. The van der Waals surface area contributed by atoms with Gasteiger partial charge in [-0.15, -0.1) is 0 Å². The van der Waals surface area contributed by atoms with Crippen LogP contribution in [-0.2, 0) is 30.5 Å². The molecule has 37 heavy (non-hydrogen) atoms. The highest BCUT2D eigenvalue weighted by molar-refractivity contribution is 6.01. The molecule has 0 heterocycles. The van der Waals surface area contributed by atoms with E-state index >= 15 is 0 Å². The molecule has 0 saturated heterocycles. The fourth-order valence-electron chi connectivity index (χ4n) is 7.81. The number of carbonyl (C=O) groups is 3. The van der Waals surface area contributed by atoms with E-state index < -0.39 is 28.5 Å². The molecular formula is C31H36O6. The van der Waals surface area contributed by atoms with Gasteiger partial charge in [-0.3, -0.25) is 14.4 Å². The Bertz CT molecular complexity index is 1230. The number of benzene rings is 1. The molecule has 0 amide bonds. The van der Waals surface area contributed by atoms with Crippen molar-refractivity contribution >= 4 is 17.5 Å². The van der Waals surface area contributed by atoms with Crippen LogP contribution >= 0.6 is 0 Å². The first kappa shape index (κ1) is 25.8. The number of rotatable bonds is 6. The van der Waals surface area contributed by atoms with E-state index in [0.29, 0.717) is 12.8 Å². The van der Waals surface area contributed by atoms with Crippen molar-refractivity contribution in [2.24, 2.45) is 22.7 Å². The summed E-state index contributed by atoms with van der Waals surface area (Å²) in [7, 11) is 0. The summed E-state index contributed by atoms with van der Waals surface area (Å²) in [4.78, 5) is 37.6. The monoisotopic (exact) mass is 504 g/mol. The lowest BCUT2D eigenvalue weighted by Crippen LogP contribution is -2.58. The number of ketones is 2. The number of aliphatic hydroxyl groups excluding tert-OH is 1. The number of Topliss-reactive ketones (excluding diaryl/α,β-unsaturated/α-hetero) is 1. The standard InChI is InChI=1S/C31H36O6/c1-19-14-23-24-11-13-31(27(35)18-36-20(2)32,37-17-21-8-6-5-7-9-21)30(24,4)16-26(34)28(23)29(3)12-10-22(33)15-25(19)29/h5-10,12,15,19,24,26,34H,11,13-14,16-18H2,1-4H3/t19-,24-,26-,29-,30-,31-/m0/s1. The molecule has 196 valence electrons. The summed E-state index contributed by atoms with van der Waals surface area (Å²) in [5.74, 6) is -0.589. The minimum Gasteiger partial charge on any atom is -0.458 e. The fraction of sp³-hybridized carbons (Fsp3) is 0.516. The van der Waals surface area contributed by atoms with Crippen molar-refractivity contribution in [1.82, 2.24) is 0 Å². The number of ether oxygens (including phenoxy) is 2. The second-order valence-corrected chi connectivity index (χ2v) is 11.6. The second-order valence-electron chi connectivity index (χ2n) is 11.6.